The standard InChI is InChI=1S/C23H19Cl2N3O3/c1-15(29)27-20-7-4-6-16(11-20)23(30)28-26-13-17-5-2-3-8-22(17)31-14-18-9-10-19(24)12-21(18)25/h2-13H,14H2,1H3,(H,27,29)(H,28,30). The molecule has 0 unspecified atom stereocenters. The maximum Gasteiger partial charge on any atom is 0.271 e. The van der Waals surface area contributed by atoms with Gasteiger partial charge in [-0.1, -0.05) is 47.5 Å². The van der Waals surface area contributed by atoms with Gasteiger partial charge in [0, 0.05) is 39.3 Å². The van der Waals surface area contributed by atoms with Crippen molar-refractivity contribution >= 4 is 46.9 Å². The highest BCUT2D eigenvalue weighted by Gasteiger charge is 2.07. The summed E-state index contributed by atoms with van der Waals surface area (Å²) >= 11 is 12.1. The number of carbonyl (C=O) groups is 2. The van der Waals surface area contributed by atoms with Gasteiger partial charge in [0.1, 0.15) is 12.4 Å². The number of nitrogens with zero attached hydrogens (tertiary/aromatic N) is 1. The summed E-state index contributed by atoms with van der Waals surface area (Å²) < 4.78 is 5.87. The molecule has 0 aliphatic heterocycles. The molecule has 3 rings (SSSR count). The molecule has 0 spiro atoms. The largest absolute Gasteiger partial charge is 0.488 e. The smallest absolute Gasteiger partial charge is 0.271 e. The van der Waals surface area contributed by atoms with Gasteiger partial charge in [-0.15, -0.1) is 0 Å². The zero-order valence-electron chi connectivity index (χ0n) is 16.6. The van der Waals surface area contributed by atoms with Crippen molar-refractivity contribution in [2.24, 2.45) is 5.10 Å². The van der Waals surface area contributed by atoms with E-state index in [0.717, 1.165) is 5.56 Å². The number of hydrogen-bond acceptors (Lipinski definition) is 4. The molecule has 0 aliphatic rings. The van der Waals surface area contributed by atoms with Crippen molar-refractivity contribution in [1.82, 2.24) is 5.43 Å². The average Bonchev–Trinajstić information content (AvgIpc) is 2.73. The second kappa shape index (κ2) is 10.6. The number of rotatable bonds is 7. The molecule has 158 valence electrons. The van der Waals surface area contributed by atoms with Gasteiger partial charge in [0.25, 0.3) is 5.91 Å². The number of carbonyl (C=O) groups excluding carboxylic acids is 2. The van der Waals surface area contributed by atoms with Crippen LogP contribution in [0.1, 0.15) is 28.4 Å². The van der Waals surface area contributed by atoms with Gasteiger partial charge in [0.15, 0.2) is 0 Å². The van der Waals surface area contributed by atoms with E-state index in [-0.39, 0.29) is 12.5 Å². The van der Waals surface area contributed by atoms with Gasteiger partial charge >= 0.3 is 0 Å². The van der Waals surface area contributed by atoms with E-state index in [9.17, 15) is 9.59 Å². The maximum atomic E-state index is 12.3. The Morgan fingerprint density at radius 2 is 1.84 bits per heavy atom. The molecule has 0 fully saturated rings. The molecule has 6 nitrogen and oxygen atoms in total. The lowest BCUT2D eigenvalue weighted by molar-refractivity contribution is -0.114. The van der Waals surface area contributed by atoms with Crippen LogP contribution < -0.4 is 15.5 Å². The quantitative estimate of drug-likeness (QED) is 0.374. The molecule has 3 aromatic carbocycles. The van der Waals surface area contributed by atoms with Crippen molar-refractivity contribution in [3.8, 4) is 5.75 Å². The third kappa shape index (κ3) is 6.57. The van der Waals surface area contributed by atoms with Crippen LogP contribution in [0.4, 0.5) is 5.69 Å². The topological polar surface area (TPSA) is 79.8 Å². The van der Waals surface area contributed by atoms with Gasteiger partial charge in [-0.25, -0.2) is 5.43 Å². The van der Waals surface area contributed by atoms with Crippen molar-refractivity contribution in [1.29, 1.82) is 0 Å². The van der Waals surface area contributed by atoms with Crippen molar-refractivity contribution in [2.75, 3.05) is 5.32 Å². The van der Waals surface area contributed by atoms with Crippen LogP contribution in [0.2, 0.25) is 10.0 Å². The minimum Gasteiger partial charge on any atom is -0.488 e. The monoisotopic (exact) mass is 455 g/mol. The Kier molecular flexibility index (Phi) is 7.65. The van der Waals surface area contributed by atoms with E-state index < -0.39 is 5.91 Å². The predicted octanol–water partition coefficient (Wildman–Crippen LogP) is 5.29. The lowest BCUT2D eigenvalue weighted by Gasteiger charge is -2.10. The lowest BCUT2D eigenvalue weighted by Crippen LogP contribution is -2.18. The normalized spacial score (nSPS) is 10.7. The van der Waals surface area contributed by atoms with E-state index in [2.05, 4.69) is 15.8 Å². The molecule has 0 aliphatic carbocycles. The summed E-state index contributed by atoms with van der Waals surface area (Å²) in [5.41, 5.74) is 4.84. The molecule has 0 atom stereocenters. The first-order chi connectivity index (χ1) is 14.9. The first-order valence-electron chi connectivity index (χ1n) is 9.29. The van der Waals surface area contributed by atoms with Crippen LogP contribution >= 0.6 is 23.2 Å². The molecule has 0 saturated carbocycles. The van der Waals surface area contributed by atoms with Gasteiger partial charge in [-0.3, -0.25) is 9.59 Å². The molecule has 0 radical (unpaired) electrons. The van der Waals surface area contributed by atoms with Crippen LogP contribution in [0.3, 0.4) is 0 Å². The fourth-order valence-electron chi connectivity index (χ4n) is 2.68. The van der Waals surface area contributed by atoms with Gasteiger partial charge in [-0.05, 0) is 42.5 Å². The summed E-state index contributed by atoms with van der Waals surface area (Å²) in [5, 5.41) is 7.73. The van der Waals surface area contributed by atoms with Crippen molar-refractivity contribution in [3.63, 3.8) is 0 Å². The molecule has 0 aromatic heterocycles. The zero-order chi connectivity index (χ0) is 22.2. The predicted molar refractivity (Wildman–Crippen MR) is 123 cm³/mol. The summed E-state index contributed by atoms with van der Waals surface area (Å²) in [4.78, 5) is 23.5. The summed E-state index contributed by atoms with van der Waals surface area (Å²) in [5.74, 6) is -0.0407. The first kappa shape index (κ1) is 22.3. The SMILES string of the molecule is CC(=O)Nc1cccc(C(=O)NN=Cc2ccccc2OCc2ccc(Cl)cc2Cl)c1. The number of benzene rings is 3. The number of hydrogen-bond donors (Lipinski definition) is 2. The number of amides is 2. The van der Waals surface area contributed by atoms with Crippen LogP contribution in [0, 0.1) is 0 Å². The van der Waals surface area contributed by atoms with Gasteiger partial charge < -0.3 is 10.1 Å². The van der Waals surface area contributed by atoms with E-state index in [1.807, 2.05) is 18.2 Å². The molecule has 8 heteroatoms. The van der Waals surface area contributed by atoms with E-state index >= 15 is 0 Å². The highest BCUT2D eigenvalue weighted by atomic mass is 35.5. The van der Waals surface area contributed by atoms with Crippen molar-refractivity contribution in [2.45, 2.75) is 13.5 Å². The fourth-order valence-corrected chi connectivity index (χ4v) is 3.14. The van der Waals surface area contributed by atoms with Crippen LogP contribution in [0.15, 0.2) is 71.8 Å². The van der Waals surface area contributed by atoms with Gasteiger partial charge in [0.2, 0.25) is 5.91 Å². The Bertz CT molecular complexity index is 1130. The molecular weight excluding hydrogens is 437 g/mol. The Hall–Kier alpha value is -3.35. The highest BCUT2D eigenvalue weighted by Crippen LogP contribution is 2.24. The Balaban J connectivity index is 1.65. The number of para-hydroxylation sites is 1. The minimum absolute atomic E-state index is 0.216. The molecule has 0 heterocycles. The van der Waals surface area contributed by atoms with E-state index in [1.165, 1.54) is 13.1 Å². The minimum atomic E-state index is -0.408. The van der Waals surface area contributed by atoms with Crippen molar-refractivity contribution < 1.29 is 14.3 Å². The fraction of sp³-hybridized carbons (Fsp3) is 0.0870. The summed E-state index contributed by atoms with van der Waals surface area (Å²) in [6, 6.07) is 19.1. The third-order valence-electron chi connectivity index (χ3n) is 4.13. The molecule has 0 bridgehead atoms. The zero-order valence-corrected chi connectivity index (χ0v) is 18.1. The molecule has 0 saturated heterocycles. The third-order valence-corrected chi connectivity index (χ3v) is 4.72. The maximum absolute atomic E-state index is 12.3. The van der Waals surface area contributed by atoms with E-state index in [1.54, 1.807) is 48.5 Å². The number of halogens is 2. The average molecular weight is 456 g/mol. The van der Waals surface area contributed by atoms with E-state index in [4.69, 9.17) is 27.9 Å². The summed E-state index contributed by atoms with van der Waals surface area (Å²) in [6.07, 6.45) is 1.49. The van der Waals surface area contributed by atoms with Crippen LogP contribution in [0.25, 0.3) is 0 Å². The molecular formula is C23H19Cl2N3O3. The highest BCUT2D eigenvalue weighted by molar-refractivity contribution is 6.35. The van der Waals surface area contributed by atoms with Crippen LogP contribution in [-0.4, -0.2) is 18.0 Å². The number of hydrazone groups is 1. The second-order valence-corrected chi connectivity index (χ2v) is 7.37. The first-order valence-corrected chi connectivity index (χ1v) is 10.0. The number of nitrogens with one attached hydrogen (secondary N) is 2. The Labute approximate surface area is 189 Å². The van der Waals surface area contributed by atoms with Crippen LogP contribution in [-0.2, 0) is 11.4 Å². The Morgan fingerprint density at radius 3 is 2.61 bits per heavy atom. The molecule has 31 heavy (non-hydrogen) atoms. The summed E-state index contributed by atoms with van der Waals surface area (Å²) in [7, 11) is 0. The Morgan fingerprint density at radius 1 is 1.03 bits per heavy atom. The van der Waals surface area contributed by atoms with Gasteiger partial charge in [-0.2, -0.15) is 5.10 Å². The number of ether oxygens (including phenoxy) is 1. The molecule has 2 amide bonds. The van der Waals surface area contributed by atoms with Crippen LogP contribution in [0.5, 0.6) is 5.75 Å². The lowest BCUT2D eigenvalue weighted by atomic mass is 10.2. The summed E-state index contributed by atoms with van der Waals surface area (Å²) in [6.45, 7) is 1.65. The molecule has 2 N–H and O–H groups in total. The molecule has 3 aromatic rings. The van der Waals surface area contributed by atoms with Gasteiger partial charge in [0.05, 0.1) is 6.21 Å². The number of anilines is 1. The van der Waals surface area contributed by atoms with Crippen molar-refractivity contribution in [3.05, 3.63) is 93.5 Å². The van der Waals surface area contributed by atoms with E-state index in [0.29, 0.717) is 32.6 Å². The second-order valence-electron chi connectivity index (χ2n) is 6.52.